The highest BCUT2D eigenvalue weighted by Crippen LogP contribution is 2.68. The predicted octanol–water partition coefficient (Wildman–Crippen LogP) is 4.59. The van der Waals surface area contributed by atoms with E-state index in [1.54, 1.807) is 36.4 Å². The summed E-state index contributed by atoms with van der Waals surface area (Å²) in [5.74, 6) is 0. The number of phosphoric acid groups is 2. The lowest BCUT2D eigenvalue weighted by Gasteiger charge is -2.20. The minimum absolute atomic E-state index is 0.0186. The number of hydrogen-bond acceptors (Lipinski definition) is 11. The van der Waals surface area contributed by atoms with Crippen molar-refractivity contribution >= 4 is 39.7 Å². The van der Waals surface area contributed by atoms with E-state index in [-0.39, 0.29) is 22.5 Å². The molecule has 0 bridgehead atoms. The second kappa shape index (κ2) is 13.8. The molecule has 0 amide bonds. The number of rotatable bonds is 11. The second-order valence-electron chi connectivity index (χ2n) is 11.3. The van der Waals surface area contributed by atoms with Crippen LogP contribution in [0.25, 0.3) is 27.7 Å². The quantitative estimate of drug-likeness (QED) is 0.116. The first-order valence-electron chi connectivity index (χ1n) is 14.6. The van der Waals surface area contributed by atoms with E-state index < -0.39 is 78.0 Å². The van der Waals surface area contributed by atoms with Crippen molar-refractivity contribution in [3.63, 3.8) is 0 Å². The Balaban J connectivity index is 1.11. The normalized spacial score (nSPS) is 23.2. The highest BCUT2D eigenvalue weighted by Gasteiger charge is 2.47. The number of halogens is 3. The molecule has 272 valence electrons. The van der Waals surface area contributed by atoms with Crippen LogP contribution in [-0.4, -0.2) is 63.8 Å². The summed E-state index contributed by atoms with van der Waals surface area (Å²) in [6, 6.07) is 17.1. The van der Waals surface area contributed by atoms with E-state index >= 15 is 0 Å². The molecule has 3 aromatic carbocycles. The van der Waals surface area contributed by atoms with Gasteiger partial charge in [0.2, 0.25) is 0 Å². The topological polar surface area (TPSA) is 229 Å². The molecule has 22 heteroatoms. The molecule has 51 heavy (non-hydrogen) atoms. The van der Waals surface area contributed by atoms with Crippen LogP contribution in [0.15, 0.2) is 90.0 Å². The Morgan fingerprint density at radius 1 is 0.882 bits per heavy atom. The largest absolute Gasteiger partial charge is 0.488 e. The van der Waals surface area contributed by atoms with Gasteiger partial charge in [-0.15, -0.1) is 0 Å². The van der Waals surface area contributed by atoms with E-state index in [9.17, 15) is 56.6 Å². The van der Waals surface area contributed by atoms with Crippen LogP contribution in [0.1, 0.15) is 17.4 Å². The van der Waals surface area contributed by atoms with Crippen molar-refractivity contribution in [3.05, 3.63) is 107 Å². The van der Waals surface area contributed by atoms with Crippen LogP contribution in [0.2, 0.25) is 0 Å². The molecule has 5 N–H and O–H groups in total. The number of nitrogens with zero attached hydrogens (tertiary/aromatic N) is 3. The fourth-order valence-corrected chi connectivity index (χ4v) is 9.64. The number of fused-ring (bicyclic) bond motifs is 2. The molecular weight excluding hydrogens is 748 g/mol. The number of aromatic nitrogens is 3. The Bertz CT molecular complexity index is 2310. The number of hydrogen-bond donors (Lipinski definition) is 5. The van der Waals surface area contributed by atoms with Crippen molar-refractivity contribution < 1.29 is 69.6 Å². The van der Waals surface area contributed by atoms with Crippen LogP contribution in [0.5, 0.6) is 0 Å². The molecule has 2 aromatic heterocycles. The van der Waals surface area contributed by atoms with Gasteiger partial charge in [-0.25, -0.2) is 23.2 Å². The molecule has 1 aliphatic heterocycles. The third kappa shape index (κ3) is 8.26. The zero-order chi connectivity index (χ0) is 36.9. The lowest BCUT2D eigenvalue weighted by molar-refractivity contribution is -0.137. The van der Waals surface area contributed by atoms with Gasteiger partial charge in [-0.3, -0.25) is 18.1 Å². The number of aliphatic hydroxyl groups is 2. The van der Waals surface area contributed by atoms with Crippen LogP contribution in [0.4, 0.5) is 13.2 Å². The SMILES string of the molecule is O=c1n([C@@H]2O[C@H](COP(=O)(O)OP(=O)(O)OP(=O)(O)Cc3cccc4ccccc34)[C@H](O)C2O)ccc2nc(-c3cccc(C(F)(F)F)c3)cn12. The monoisotopic (exact) mass is 775 g/mol. The molecule has 0 spiro atoms. The van der Waals surface area contributed by atoms with Crippen molar-refractivity contribution in [2.45, 2.75) is 36.9 Å². The van der Waals surface area contributed by atoms with Gasteiger partial charge >= 0.3 is 35.1 Å². The van der Waals surface area contributed by atoms with Gasteiger partial charge < -0.3 is 29.6 Å². The smallest absolute Gasteiger partial charge is 0.387 e. The summed E-state index contributed by atoms with van der Waals surface area (Å²) in [5.41, 5.74) is -1.46. The summed E-state index contributed by atoms with van der Waals surface area (Å²) < 4.78 is 97.9. The van der Waals surface area contributed by atoms with Crippen molar-refractivity contribution in [2.75, 3.05) is 6.61 Å². The average Bonchev–Trinajstić information content (AvgIpc) is 3.60. The third-order valence-corrected chi connectivity index (χ3v) is 12.4. The van der Waals surface area contributed by atoms with Crippen LogP contribution < -0.4 is 5.69 Å². The molecule has 3 heterocycles. The average molecular weight is 775 g/mol. The predicted molar refractivity (Wildman–Crippen MR) is 171 cm³/mol. The molecule has 0 saturated carbocycles. The van der Waals surface area contributed by atoms with Gasteiger partial charge in [0.25, 0.3) is 0 Å². The maximum absolute atomic E-state index is 13.3. The first-order valence-corrected chi connectivity index (χ1v) is 19.4. The molecule has 4 unspecified atom stereocenters. The maximum atomic E-state index is 13.3. The van der Waals surface area contributed by atoms with E-state index in [0.717, 1.165) is 33.5 Å². The number of phosphoric ester groups is 1. The Kier molecular flexibility index (Phi) is 10.1. The molecule has 7 atom stereocenters. The summed E-state index contributed by atoms with van der Waals surface area (Å²) in [7, 11) is -16.3. The lowest BCUT2D eigenvalue weighted by atomic mass is 10.1. The number of aliphatic hydroxyl groups excluding tert-OH is 2. The molecule has 0 aliphatic carbocycles. The van der Waals surface area contributed by atoms with Gasteiger partial charge in [0.15, 0.2) is 6.23 Å². The van der Waals surface area contributed by atoms with E-state index in [2.05, 4.69) is 18.1 Å². The van der Waals surface area contributed by atoms with Crippen LogP contribution in [-0.2, 0) is 43.9 Å². The molecule has 16 nitrogen and oxygen atoms in total. The van der Waals surface area contributed by atoms with E-state index in [4.69, 9.17) is 4.74 Å². The number of imidazole rings is 1. The Labute approximate surface area is 284 Å². The van der Waals surface area contributed by atoms with Crippen molar-refractivity contribution in [3.8, 4) is 11.3 Å². The van der Waals surface area contributed by atoms with Crippen LogP contribution in [0.3, 0.4) is 0 Å². The Morgan fingerprint density at radius 2 is 1.59 bits per heavy atom. The first kappa shape index (κ1) is 37.2. The third-order valence-electron chi connectivity index (χ3n) is 7.73. The Morgan fingerprint density at radius 3 is 2.33 bits per heavy atom. The zero-order valence-corrected chi connectivity index (χ0v) is 28.3. The fourth-order valence-electron chi connectivity index (χ4n) is 5.46. The van der Waals surface area contributed by atoms with Crippen LogP contribution >= 0.6 is 23.2 Å². The molecule has 0 radical (unpaired) electrons. The summed E-state index contributed by atoms with van der Waals surface area (Å²) in [5, 5.41) is 22.4. The van der Waals surface area contributed by atoms with Gasteiger partial charge in [-0.1, -0.05) is 54.6 Å². The number of benzene rings is 3. The minimum Gasteiger partial charge on any atom is -0.387 e. The van der Waals surface area contributed by atoms with E-state index in [0.29, 0.717) is 10.8 Å². The van der Waals surface area contributed by atoms with Gasteiger partial charge in [0, 0.05) is 18.0 Å². The van der Waals surface area contributed by atoms with Gasteiger partial charge in [-0.2, -0.15) is 17.5 Å². The van der Waals surface area contributed by atoms with Crippen molar-refractivity contribution in [2.24, 2.45) is 0 Å². The molecule has 1 saturated heterocycles. The summed E-state index contributed by atoms with van der Waals surface area (Å²) >= 11 is 0. The molecular formula is C29H27F3N3O13P3. The van der Waals surface area contributed by atoms with Gasteiger partial charge in [0.05, 0.1) is 24.0 Å². The lowest BCUT2D eigenvalue weighted by Crippen LogP contribution is -2.36. The summed E-state index contributed by atoms with van der Waals surface area (Å²) in [6.45, 7) is -1.07. The number of ether oxygens (including phenoxy) is 1. The second-order valence-corrected chi connectivity index (χ2v) is 16.3. The maximum Gasteiger partial charge on any atom is 0.488 e. The zero-order valence-electron chi connectivity index (χ0n) is 25.6. The van der Waals surface area contributed by atoms with Crippen molar-refractivity contribution in [1.29, 1.82) is 0 Å². The molecule has 1 fully saturated rings. The molecule has 6 rings (SSSR count). The van der Waals surface area contributed by atoms with Gasteiger partial charge in [0.1, 0.15) is 24.0 Å². The highest BCUT2D eigenvalue weighted by atomic mass is 31.3. The summed E-state index contributed by atoms with van der Waals surface area (Å²) in [4.78, 5) is 47.9. The van der Waals surface area contributed by atoms with Crippen LogP contribution in [0, 0.1) is 0 Å². The molecule has 5 aromatic rings. The first-order chi connectivity index (χ1) is 23.8. The number of alkyl halides is 3. The van der Waals surface area contributed by atoms with E-state index in [1.807, 2.05) is 0 Å². The summed E-state index contributed by atoms with van der Waals surface area (Å²) in [6.07, 6.45) is -10.1. The van der Waals surface area contributed by atoms with E-state index in [1.165, 1.54) is 24.3 Å². The van der Waals surface area contributed by atoms with Crippen molar-refractivity contribution in [1.82, 2.24) is 14.0 Å². The highest BCUT2D eigenvalue weighted by molar-refractivity contribution is 7.68. The van der Waals surface area contributed by atoms with Gasteiger partial charge in [-0.05, 0) is 34.5 Å². The fraction of sp³-hybridized carbons (Fsp3) is 0.241. The standard InChI is InChI=1S/C29H27F3N3O13P3/c30-29(31,32)20-9-4-7-18(13-20)22-14-35-24(33-22)11-12-34(28(35)38)27-26(37)25(36)23(46-27)15-45-50(41,42)48-51(43,44)47-49(39,40)16-19-8-3-6-17-5-1-2-10-21(17)19/h1-14,23,25-27,36-37H,15-16H2,(H,39,40)(H,41,42)(H,43,44)/t23-,25+,26?,27-/m1/s1. The Hall–Kier alpha value is -3.54. The molecule has 1 aliphatic rings. The minimum atomic E-state index is -5.76.